The van der Waals surface area contributed by atoms with E-state index in [9.17, 15) is 4.79 Å². The van der Waals surface area contributed by atoms with Crippen molar-refractivity contribution >= 4 is 21.8 Å². The minimum Gasteiger partial charge on any atom is -0.484 e. The van der Waals surface area contributed by atoms with Gasteiger partial charge in [-0.15, -0.1) is 0 Å². The number of amides is 1. The first-order chi connectivity index (χ1) is 12.5. The van der Waals surface area contributed by atoms with Crippen molar-refractivity contribution in [1.82, 2.24) is 14.9 Å². The third kappa shape index (κ3) is 4.52. The van der Waals surface area contributed by atoms with E-state index in [-0.39, 0.29) is 12.5 Å². The van der Waals surface area contributed by atoms with Crippen molar-refractivity contribution in [3.8, 4) is 11.4 Å². The molecule has 134 valence electrons. The van der Waals surface area contributed by atoms with Gasteiger partial charge in [-0.3, -0.25) is 4.79 Å². The standard InChI is InChI=1S/C20H20BrN3O2/c1-14-9-18(10-15(2)20(14)21)26-12-19(25)23-11-16-3-5-17(6-4-16)24-8-7-22-13-24/h3-10,13H,11-12H2,1-2H3,(H,23,25). The number of ether oxygens (including phenoxy) is 1. The van der Waals surface area contributed by atoms with Crippen LogP contribution < -0.4 is 10.1 Å². The topological polar surface area (TPSA) is 56.1 Å². The summed E-state index contributed by atoms with van der Waals surface area (Å²) in [6, 6.07) is 11.8. The molecule has 5 nitrogen and oxygen atoms in total. The fraction of sp³-hybridized carbons (Fsp3) is 0.200. The molecule has 0 saturated carbocycles. The van der Waals surface area contributed by atoms with Crippen LogP contribution in [0.5, 0.6) is 5.75 Å². The Morgan fingerprint density at radius 3 is 2.50 bits per heavy atom. The molecule has 3 rings (SSSR count). The molecule has 0 unspecified atom stereocenters. The Morgan fingerprint density at radius 1 is 1.19 bits per heavy atom. The molecule has 0 saturated heterocycles. The first-order valence-corrected chi connectivity index (χ1v) is 9.06. The highest BCUT2D eigenvalue weighted by atomic mass is 79.9. The fourth-order valence-corrected chi connectivity index (χ4v) is 2.82. The zero-order valence-corrected chi connectivity index (χ0v) is 16.3. The number of benzene rings is 2. The minimum absolute atomic E-state index is 0.00632. The molecule has 0 aliphatic carbocycles. The van der Waals surface area contributed by atoms with E-state index in [1.807, 2.05) is 61.0 Å². The van der Waals surface area contributed by atoms with E-state index in [1.165, 1.54) is 0 Å². The molecule has 1 heterocycles. The molecular formula is C20H20BrN3O2. The van der Waals surface area contributed by atoms with Crippen molar-refractivity contribution < 1.29 is 9.53 Å². The van der Waals surface area contributed by atoms with Crippen LogP contribution in [-0.4, -0.2) is 22.1 Å². The van der Waals surface area contributed by atoms with Crippen LogP contribution in [0.1, 0.15) is 16.7 Å². The van der Waals surface area contributed by atoms with E-state index in [0.717, 1.165) is 26.9 Å². The van der Waals surface area contributed by atoms with Crippen molar-refractivity contribution in [2.75, 3.05) is 6.61 Å². The normalized spacial score (nSPS) is 10.6. The van der Waals surface area contributed by atoms with Gasteiger partial charge < -0.3 is 14.6 Å². The summed E-state index contributed by atoms with van der Waals surface area (Å²) in [7, 11) is 0. The Labute approximate surface area is 161 Å². The average molecular weight is 414 g/mol. The van der Waals surface area contributed by atoms with E-state index in [2.05, 4.69) is 26.2 Å². The van der Waals surface area contributed by atoms with Crippen molar-refractivity contribution in [3.63, 3.8) is 0 Å². The number of imidazole rings is 1. The predicted molar refractivity (Wildman–Crippen MR) is 105 cm³/mol. The molecule has 0 aliphatic rings. The fourth-order valence-electron chi connectivity index (χ4n) is 2.59. The predicted octanol–water partition coefficient (Wildman–Crippen LogP) is 3.95. The highest BCUT2D eigenvalue weighted by Crippen LogP contribution is 2.26. The number of nitrogens with zero attached hydrogens (tertiary/aromatic N) is 2. The summed E-state index contributed by atoms with van der Waals surface area (Å²) in [6.07, 6.45) is 5.38. The van der Waals surface area contributed by atoms with Crippen LogP contribution in [0.3, 0.4) is 0 Å². The molecule has 0 bridgehead atoms. The van der Waals surface area contributed by atoms with Gasteiger partial charge in [0, 0.05) is 29.1 Å². The Hall–Kier alpha value is -2.60. The third-order valence-electron chi connectivity index (χ3n) is 4.01. The number of nitrogens with one attached hydrogen (secondary N) is 1. The van der Waals surface area contributed by atoms with Gasteiger partial charge in [0.05, 0.1) is 6.33 Å². The van der Waals surface area contributed by atoms with Gasteiger partial charge in [0.25, 0.3) is 5.91 Å². The van der Waals surface area contributed by atoms with Crippen LogP contribution in [0, 0.1) is 13.8 Å². The SMILES string of the molecule is Cc1cc(OCC(=O)NCc2ccc(-n3ccnc3)cc2)cc(C)c1Br. The molecule has 0 radical (unpaired) electrons. The molecule has 6 heteroatoms. The summed E-state index contributed by atoms with van der Waals surface area (Å²) in [5, 5.41) is 2.87. The van der Waals surface area contributed by atoms with Crippen LogP contribution in [0.4, 0.5) is 0 Å². The molecule has 0 atom stereocenters. The van der Waals surface area contributed by atoms with Crippen molar-refractivity contribution in [2.45, 2.75) is 20.4 Å². The number of carbonyl (C=O) groups excluding carboxylic acids is 1. The van der Waals surface area contributed by atoms with Gasteiger partial charge in [-0.25, -0.2) is 4.98 Å². The maximum absolute atomic E-state index is 12.0. The summed E-state index contributed by atoms with van der Waals surface area (Å²) in [6.45, 7) is 4.45. The number of hydrogen-bond acceptors (Lipinski definition) is 3. The van der Waals surface area contributed by atoms with Crippen LogP contribution >= 0.6 is 15.9 Å². The molecule has 1 N–H and O–H groups in total. The van der Waals surface area contributed by atoms with Crippen LogP contribution in [0.2, 0.25) is 0 Å². The Bertz CT molecular complexity index is 867. The second kappa shape index (κ2) is 8.19. The van der Waals surface area contributed by atoms with Crippen molar-refractivity contribution in [3.05, 3.63) is 76.3 Å². The lowest BCUT2D eigenvalue weighted by atomic mass is 10.1. The highest BCUT2D eigenvalue weighted by Gasteiger charge is 2.06. The molecule has 1 amide bonds. The molecule has 2 aromatic carbocycles. The number of carbonyl (C=O) groups is 1. The zero-order chi connectivity index (χ0) is 18.5. The molecular weight excluding hydrogens is 394 g/mol. The highest BCUT2D eigenvalue weighted by molar-refractivity contribution is 9.10. The summed E-state index contributed by atoms with van der Waals surface area (Å²) < 4.78 is 8.59. The van der Waals surface area contributed by atoms with E-state index in [1.54, 1.807) is 12.5 Å². The van der Waals surface area contributed by atoms with Gasteiger partial charge in [0.1, 0.15) is 5.75 Å². The van der Waals surface area contributed by atoms with Gasteiger partial charge in [-0.2, -0.15) is 0 Å². The molecule has 26 heavy (non-hydrogen) atoms. The van der Waals surface area contributed by atoms with Gasteiger partial charge in [0.2, 0.25) is 0 Å². The molecule has 0 aliphatic heterocycles. The molecule has 0 fully saturated rings. The second-order valence-corrected chi connectivity index (χ2v) is 6.87. The zero-order valence-electron chi connectivity index (χ0n) is 14.7. The lowest BCUT2D eigenvalue weighted by Crippen LogP contribution is -2.28. The van der Waals surface area contributed by atoms with Gasteiger partial charge in [0.15, 0.2) is 6.61 Å². The van der Waals surface area contributed by atoms with E-state index < -0.39 is 0 Å². The summed E-state index contributed by atoms with van der Waals surface area (Å²) in [5.74, 6) is 0.546. The lowest BCUT2D eigenvalue weighted by molar-refractivity contribution is -0.123. The lowest BCUT2D eigenvalue weighted by Gasteiger charge is -2.11. The molecule has 0 spiro atoms. The number of aromatic nitrogens is 2. The Kier molecular flexibility index (Phi) is 5.73. The van der Waals surface area contributed by atoms with Gasteiger partial charge in [-0.1, -0.05) is 28.1 Å². The summed E-state index contributed by atoms with van der Waals surface area (Å²) in [4.78, 5) is 16.1. The quantitative estimate of drug-likeness (QED) is 0.665. The number of rotatable bonds is 6. The summed E-state index contributed by atoms with van der Waals surface area (Å²) >= 11 is 3.52. The first-order valence-electron chi connectivity index (χ1n) is 8.26. The number of halogens is 1. The smallest absolute Gasteiger partial charge is 0.258 e. The average Bonchev–Trinajstić information content (AvgIpc) is 3.17. The number of aryl methyl sites for hydroxylation is 2. The Morgan fingerprint density at radius 2 is 1.88 bits per heavy atom. The van der Waals surface area contributed by atoms with Crippen LogP contribution in [0.15, 0.2) is 59.6 Å². The van der Waals surface area contributed by atoms with Crippen molar-refractivity contribution in [1.29, 1.82) is 0 Å². The van der Waals surface area contributed by atoms with E-state index in [4.69, 9.17) is 4.74 Å². The van der Waals surface area contributed by atoms with Crippen molar-refractivity contribution in [2.24, 2.45) is 0 Å². The van der Waals surface area contributed by atoms with Crippen LogP contribution in [0.25, 0.3) is 5.69 Å². The largest absolute Gasteiger partial charge is 0.484 e. The minimum atomic E-state index is -0.151. The van der Waals surface area contributed by atoms with E-state index in [0.29, 0.717) is 12.3 Å². The number of hydrogen-bond donors (Lipinski definition) is 1. The summed E-state index contributed by atoms with van der Waals surface area (Å²) in [5.41, 5.74) is 4.22. The van der Waals surface area contributed by atoms with Gasteiger partial charge in [-0.05, 0) is 54.8 Å². The monoisotopic (exact) mass is 413 g/mol. The van der Waals surface area contributed by atoms with E-state index >= 15 is 0 Å². The maximum Gasteiger partial charge on any atom is 0.258 e. The molecule has 1 aromatic heterocycles. The Balaban J connectivity index is 1.50. The maximum atomic E-state index is 12.0. The first kappa shape index (κ1) is 18.2. The second-order valence-electron chi connectivity index (χ2n) is 6.07. The third-order valence-corrected chi connectivity index (χ3v) is 5.26. The molecule has 3 aromatic rings. The van der Waals surface area contributed by atoms with Gasteiger partial charge >= 0.3 is 0 Å². The van der Waals surface area contributed by atoms with Crippen LogP contribution in [-0.2, 0) is 11.3 Å².